The van der Waals surface area contributed by atoms with Gasteiger partial charge in [0.05, 0.1) is 7.11 Å². The lowest BCUT2D eigenvalue weighted by Gasteiger charge is -2.05. The minimum atomic E-state index is 0.000109. The summed E-state index contributed by atoms with van der Waals surface area (Å²) >= 11 is 0. The fraction of sp³-hybridized carbons (Fsp3) is 0.250. The van der Waals surface area contributed by atoms with Crippen LogP contribution in [-0.2, 0) is 17.9 Å². The fourth-order valence-corrected chi connectivity index (χ4v) is 1.89. The molecular formula is C16H19N2O2+. The zero-order valence-corrected chi connectivity index (χ0v) is 11.8. The van der Waals surface area contributed by atoms with Crippen molar-refractivity contribution in [2.45, 2.75) is 20.0 Å². The van der Waals surface area contributed by atoms with Crippen molar-refractivity contribution in [1.82, 2.24) is 5.32 Å². The highest BCUT2D eigenvalue weighted by molar-refractivity contribution is 5.74. The molecule has 4 nitrogen and oxygen atoms in total. The first-order chi connectivity index (χ1) is 9.69. The molecule has 2 aromatic rings. The second-order valence-corrected chi connectivity index (χ2v) is 4.59. The van der Waals surface area contributed by atoms with Gasteiger partial charge in [0.25, 0.3) is 5.91 Å². The number of hydrogen-bond acceptors (Lipinski definition) is 2. The molecule has 0 saturated carbocycles. The lowest BCUT2D eigenvalue weighted by atomic mass is 10.2. The van der Waals surface area contributed by atoms with E-state index in [4.69, 9.17) is 4.74 Å². The van der Waals surface area contributed by atoms with E-state index in [1.165, 1.54) is 0 Å². The first-order valence-corrected chi connectivity index (χ1v) is 6.54. The number of nitrogens with one attached hydrogen (secondary N) is 1. The third-order valence-electron chi connectivity index (χ3n) is 3.13. The molecule has 0 saturated heterocycles. The zero-order valence-electron chi connectivity index (χ0n) is 11.8. The van der Waals surface area contributed by atoms with Crippen LogP contribution in [0.1, 0.15) is 11.3 Å². The van der Waals surface area contributed by atoms with Crippen molar-refractivity contribution >= 4 is 5.91 Å². The second-order valence-electron chi connectivity index (χ2n) is 4.59. The molecule has 104 valence electrons. The largest absolute Gasteiger partial charge is 0.497 e. The number of pyridine rings is 1. The number of benzene rings is 1. The third-order valence-corrected chi connectivity index (χ3v) is 3.13. The normalized spacial score (nSPS) is 10.1. The summed E-state index contributed by atoms with van der Waals surface area (Å²) in [5, 5.41) is 2.91. The number of rotatable bonds is 5. The van der Waals surface area contributed by atoms with E-state index in [9.17, 15) is 4.79 Å². The van der Waals surface area contributed by atoms with E-state index in [2.05, 4.69) is 5.32 Å². The van der Waals surface area contributed by atoms with E-state index in [0.29, 0.717) is 13.1 Å². The van der Waals surface area contributed by atoms with Gasteiger partial charge in [0.1, 0.15) is 5.75 Å². The Balaban J connectivity index is 1.87. The quantitative estimate of drug-likeness (QED) is 0.839. The number of nitrogens with zero attached hydrogens (tertiary/aromatic N) is 1. The molecule has 0 aliphatic heterocycles. The summed E-state index contributed by atoms with van der Waals surface area (Å²) in [4.78, 5) is 11.9. The molecule has 20 heavy (non-hydrogen) atoms. The molecule has 0 bridgehead atoms. The Morgan fingerprint density at radius 1 is 1.20 bits per heavy atom. The van der Waals surface area contributed by atoms with Gasteiger partial charge in [0, 0.05) is 25.6 Å². The number of ether oxygens (including phenoxy) is 1. The number of carbonyl (C=O) groups excluding carboxylic acids is 1. The maximum atomic E-state index is 11.9. The highest BCUT2D eigenvalue weighted by atomic mass is 16.5. The number of methoxy groups -OCH3 is 1. The minimum absolute atomic E-state index is 0.000109. The van der Waals surface area contributed by atoms with Crippen LogP contribution >= 0.6 is 0 Å². The van der Waals surface area contributed by atoms with Crippen LogP contribution in [0, 0.1) is 6.92 Å². The molecular weight excluding hydrogens is 252 g/mol. The van der Waals surface area contributed by atoms with Crippen LogP contribution in [0.15, 0.2) is 48.7 Å². The van der Waals surface area contributed by atoms with E-state index in [-0.39, 0.29) is 5.91 Å². The molecule has 1 N–H and O–H groups in total. The maximum absolute atomic E-state index is 11.9. The molecule has 0 aliphatic carbocycles. The Bertz CT molecular complexity index is 579. The number of aryl methyl sites for hydroxylation is 1. The van der Waals surface area contributed by atoms with Crippen LogP contribution in [0.2, 0.25) is 0 Å². The summed E-state index contributed by atoms with van der Waals surface area (Å²) in [5.41, 5.74) is 2.11. The predicted octanol–water partition coefficient (Wildman–Crippen LogP) is 1.61. The van der Waals surface area contributed by atoms with Crippen LogP contribution in [0.25, 0.3) is 0 Å². The smallest absolute Gasteiger partial charge is 0.286 e. The molecule has 1 aromatic carbocycles. The van der Waals surface area contributed by atoms with Gasteiger partial charge in [0.2, 0.25) is 6.54 Å². The van der Waals surface area contributed by atoms with Crippen LogP contribution < -0.4 is 14.6 Å². The SMILES string of the molecule is COc1ccc(CNC(=O)C[n+]2ccccc2C)cc1. The van der Waals surface area contributed by atoms with Gasteiger partial charge in [-0.3, -0.25) is 4.79 Å². The lowest BCUT2D eigenvalue weighted by Crippen LogP contribution is -2.44. The average molecular weight is 271 g/mol. The van der Waals surface area contributed by atoms with Gasteiger partial charge in [-0.1, -0.05) is 18.2 Å². The lowest BCUT2D eigenvalue weighted by molar-refractivity contribution is -0.690. The molecule has 4 heteroatoms. The van der Waals surface area contributed by atoms with Gasteiger partial charge in [-0.25, -0.2) is 0 Å². The van der Waals surface area contributed by atoms with Crippen molar-refractivity contribution in [3.63, 3.8) is 0 Å². The van der Waals surface area contributed by atoms with E-state index >= 15 is 0 Å². The van der Waals surface area contributed by atoms with Gasteiger partial charge >= 0.3 is 0 Å². The van der Waals surface area contributed by atoms with E-state index in [1.54, 1.807) is 7.11 Å². The minimum Gasteiger partial charge on any atom is -0.497 e. The molecule has 1 aromatic heterocycles. The monoisotopic (exact) mass is 271 g/mol. The Hall–Kier alpha value is -2.36. The van der Waals surface area contributed by atoms with E-state index in [0.717, 1.165) is 17.0 Å². The van der Waals surface area contributed by atoms with Gasteiger partial charge in [-0.05, 0) is 17.7 Å². The number of carbonyl (C=O) groups is 1. The molecule has 1 heterocycles. The van der Waals surface area contributed by atoms with Crippen molar-refractivity contribution in [3.8, 4) is 5.75 Å². The van der Waals surface area contributed by atoms with Crippen LogP contribution in [-0.4, -0.2) is 13.0 Å². The Morgan fingerprint density at radius 2 is 1.95 bits per heavy atom. The molecule has 0 unspecified atom stereocenters. The van der Waals surface area contributed by atoms with Crippen LogP contribution in [0.4, 0.5) is 0 Å². The Kier molecular flexibility index (Phi) is 4.71. The molecule has 0 aliphatic rings. The van der Waals surface area contributed by atoms with E-state index in [1.807, 2.05) is 60.2 Å². The van der Waals surface area contributed by atoms with Gasteiger partial charge in [0.15, 0.2) is 11.9 Å². The van der Waals surface area contributed by atoms with Gasteiger partial charge < -0.3 is 10.1 Å². The first-order valence-electron chi connectivity index (χ1n) is 6.54. The summed E-state index contributed by atoms with van der Waals surface area (Å²) in [5.74, 6) is 0.815. The number of hydrogen-bond donors (Lipinski definition) is 1. The standard InChI is InChI=1S/C16H18N2O2/c1-13-5-3-4-10-18(13)12-16(19)17-11-14-6-8-15(20-2)9-7-14/h3-10H,11-12H2,1-2H3/p+1. The molecule has 2 rings (SSSR count). The summed E-state index contributed by atoms with van der Waals surface area (Å²) in [6, 6.07) is 13.5. The van der Waals surface area contributed by atoms with Crippen LogP contribution in [0.3, 0.4) is 0 Å². The van der Waals surface area contributed by atoms with Crippen molar-refractivity contribution in [3.05, 3.63) is 59.9 Å². The average Bonchev–Trinajstić information content (AvgIpc) is 2.48. The second kappa shape index (κ2) is 6.70. The Morgan fingerprint density at radius 3 is 2.60 bits per heavy atom. The molecule has 0 atom stereocenters. The predicted molar refractivity (Wildman–Crippen MR) is 76.2 cm³/mol. The maximum Gasteiger partial charge on any atom is 0.286 e. The van der Waals surface area contributed by atoms with Gasteiger partial charge in [-0.2, -0.15) is 4.57 Å². The number of amides is 1. The van der Waals surface area contributed by atoms with Crippen molar-refractivity contribution in [2.75, 3.05) is 7.11 Å². The third kappa shape index (κ3) is 3.82. The fourth-order valence-electron chi connectivity index (χ4n) is 1.89. The molecule has 0 radical (unpaired) electrons. The van der Waals surface area contributed by atoms with Gasteiger partial charge in [-0.15, -0.1) is 0 Å². The summed E-state index contributed by atoms with van der Waals surface area (Å²) in [6.45, 7) is 2.84. The molecule has 0 fully saturated rings. The van der Waals surface area contributed by atoms with Crippen molar-refractivity contribution in [2.24, 2.45) is 0 Å². The van der Waals surface area contributed by atoms with E-state index < -0.39 is 0 Å². The van der Waals surface area contributed by atoms with Crippen LogP contribution in [0.5, 0.6) is 5.75 Å². The topological polar surface area (TPSA) is 42.2 Å². The highest BCUT2D eigenvalue weighted by Gasteiger charge is 2.10. The molecule has 1 amide bonds. The summed E-state index contributed by atoms with van der Waals surface area (Å²) < 4.78 is 7.02. The summed E-state index contributed by atoms with van der Waals surface area (Å²) in [7, 11) is 1.64. The first kappa shape index (κ1) is 14.1. The molecule has 0 spiro atoms. The zero-order chi connectivity index (χ0) is 14.4. The number of aromatic nitrogens is 1. The van der Waals surface area contributed by atoms with Crippen molar-refractivity contribution in [1.29, 1.82) is 0 Å². The highest BCUT2D eigenvalue weighted by Crippen LogP contribution is 2.10. The summed E-state index contributed by atoms with van der Waals surface area (Å²) in [6.07, 6.45) is 1.91. The Labute approximate surface area is 119 Å². The van der Waals surface area contributed by atoms with Crippen molar-refractivity contribution < 1.29 is 14.1 Å².